The molecule has 7 nitrogen and oxygen atoms in total. The van der Waals surface area contributed by atoms with E-state index in [-0.39, 0.29) is 0 Å². The van der Waals surface area contributed by atoms with Gasteiger partial charge in [0.15, 0.2) is 0 Å². The third-order valence-corrected chi connectivity index (χ3v) is 6.13. The molecule has 0 saturated carbocycles. The van der Waals surface area contributed by atoms with Crippen LogP contribution >= 0.6 is 0 Å². The maximum absolute atomic E-state index is 6.70. The molecule has 0 aromatic heterocycles. The fourth-order valence-corrected chi connectivity index (χ4v) is 4.25. The number of ether oxygens (including phenoxy) is 7. The normalized spacial score (nSPS) is 11.4. The molecule has 3 aromatic rings. The highest BCUT2D eigenvalue weighted by molar-refractivity contribution is 5.47. The summed E-state index contributed by atoms with van der Waals surface area (Å²) in [6.07, 6.45) is 5.10. The van der Waals surface area contributed by atoms with Crippen LogP contribution in [0.4, 0.5) is 0 Å². The number of rotatable bonds is 23. The highest BCUT2D eigenvalue weighted by atomic mass is 16.6. The molecule has 0 N–H and O–H groups in total. The zero-order valence-corrected chi connectivity index (χ0v) is 23.8. The van der Waals surface area contributed by atoms with Gasteiger partial charge in [-0.05, 0) is 16.7 Å². The van der Waals surface area contributed by atoms with Crippen molar-refractivity contribution in [1.82, 2.24) is 0 Å². The molecular weight excluding hydrogens is 520 g/mol. The van der Waals surface area contributed by atoms with Gasteiger partial charge in [0, 0.05) is 0 Å². The van der Waals surface area contributed by atoms with E-state index in [9.17, 15) is 0 Å². The van der Waals surface area contributed by atoms with Crippen molar-refractivity contribution in [2.75, 3.05) is 85.9 Å². The monoisotopic (exact) mass is 562 g/mol. The minimum atomic E-state index is -0.741. The predicted molar refractivity (Wildman–Crippen MR) is 159 cm³/mol. The third-order valence-electron chi connectivity index (χ3n) is 6.13. The Kier molecular flexibility index (Phi) is 16.4. The number of hydrogen-bond donors (Lipinski definition) is 0. The molecule has 0 aliphatic rings. The van der Waals surface area contributed by atoms with Crippen LogP contribution in [-0.2, 0) is 38.8 Å². The second-order valence-corrected chi connectivity index (χ2v) is 8.95. The number of hydrogen-bond acceptors (Lipinski definition) is 7. The number of benzene rings is 3. The zero-order valence-electron chi connectivity index (χ0n) is 23.8. The van der Waals surface area contributed by atoms with Crippen molar-refractivity contribution < 1.29 is 33.2 Å². The van der Waals surface area contributed by atoms with Crippen molar-refractivity contribution in [2.24, 2.45) is 0 Å². The highest BCUT2D eigenvalue weighted by Gasteiger charge is 2.37. The summed E-state index contributed by atoms with van der Waals surface area (Å²) in [6, 6.07) is 31.0. The highest BCUT2D eigenvalue weighted by Crippen LogP contribution is 2.40. The van der Waals surface area contributed by atoms with E-state index in [1.54, 1.807) is 0 Å². The molecule has 220 valence electrons. The molecule has 41 heavy (non-hydrogen) atoms. The third kappa shape index (κ3) is 11.8. The van der Waals surface area contributed by atoms with E-state index < -0.39 is 5.60 Å². The summed E-state index contributed by atoms with van der Waals surface area (Å²) in [5.41, 5.74) is 2.47. The molecule has 0 unspecified atom stereocenters. The first kappa shape index (κ1) is 32.5. The van der Waals surface area contributed by atoms with Crippen LogP contribution in [0.1, 0.15) is 16.7 Å². The standard InChI is InChI=1S/C34H42O7/c1-2-18-35-19-20-36-21-22-37-23-24-38-25-26-39-27-28-40-29-30-41-34(31-12-6-3-7-13-31,32-14-8-4-9-15-32)33-16-10-5-11-17-33/h1,3-17H,18-30H2. The molecule has 0 amide bonds. The number of terminal acetylenes is 1. The molecular formula is C34H42O7. The van der Waals surface area contributed by atoms with Crippen LogP contribution in [0.25, 0.3) is 0 Å². The maximum atomic E-state index is 6.70. The lowest BCUT2D eigenvalue weighted by molar-refractivity contribution is -0.0394. The lowest BCUT2D eigenvalue weighted by Gasteiger charge is -2.36. The van der Waals surface area contributed by atoms with Gasteiger partial charge in [-0.2, -0.15) is 0 Å². The van der Waals surface area contributed by atoms with Crippen LogP contribution in [0, 0.1) is 12.3 Å². The summed E-state index contributed by atoms with van der Waals surface area (Å²) in [7, 11) is 0. The van der Waals surface area contributed by atoms with E-state index >= 15 is 0 Å². The fourth-order valence-electron chi connectivity index (χ4n) is 4.25. The first-order chi connectivity index (χ1) is 20.4. The van der Waals surface area contributed by atoms with Crippen molar-refractivity contribution in [3.63, 3.8) is 0 Å². The molecule has 0 saturated heterocycles. The molecule has 0 heterocycles. The molecule has 0 aliphatic heterocycles. The fraction of sp³-hybridized carbons (Fsp3) is 0.412. The summed E-state index contributed by atoms with van der Waals surface area (Å²) in [6.45, 7) is 6.20. The van der Waals surface area contributed by atoms with Crippen LogP contribution in [-0.4, -0.2) is 85.9 Å². The molecule has 7 heteroatoms. The molecule has 0 atom stereocenters. The lowest BCUT2D eigenvalue weighted by atomic mass is 9.80. The van der Waals surface area contributed by atoms with E-state index in [4.69, 9.17) is 39.6 Å². The Bertz CT molecular complexity index is 974. The Hall–Kier alpha value is -3.06. The first-order valence-corrected chi connectivity index (χ1v) is 14.1. The Morgan fingerprint density at radius 3 is 1.02 bits per heavy atom. The van der Waals surface area contributed by atoms with Gasteiger partial charge in [-0.15, -0.1) is 6.42 Å². The van der Waals surface area contributed by atoms with Crippen molar-refractivity contribution in [2.45, 2.75) is 5.60 Å². The second-order valence-electron chi connectivity index (χ2n) is 8.95. The molecule has 0 aliphatic carbocycles. The van der Waals surface area contributed by atoms with Gasteiger partial charge in [-0.25, -0.2) is 0 Å². The minimum Gasteiger partial charge on any atom is -0.377 e. The summed E-state index contributed by atoms with van der Waals surface area (Å²) in [5, 5.41) is 0. The molecule has 0 spiro atoms. The lowest BCUT2D eigenvalue weighted by Crippen LogP contribution is -2.34. The van der Waals surface area contributed by atoms with Gasteiger partial charge in [0.05, 0.1) is 79.3 Å². The molecule has 0 radical (unpaired) electrons. The summed E-state index contributed by atoms with van der Waals surface area (Å²) >= 11 is 0. The van der Waals surface area contributed by atoms with Crippen molar-refractivity contribution in [1.29, 1.82) is 0 Å². The van der Waals surface area contributed by atoms with Crippen LogP contribution in [0.3, 0.4) is 0 Å². The summed E-state index contributed by atoms with van der Waals surface area (Å²) < 4.78 is 39.6. The van der Waals surface area contributed by atoms with Crippen molar-refractivity contribution in [3.05, 3.63) is 108 Å². The van der Waals surface area contributed by atoms with E-state index in [0.717, 1.165) is 16.7 Å². The van der Waals surface area contributed by atoms with E-state index in [1.165, 1.54) is 0 Å². The topological polar surface area (TPSA) is 64.6 Å². The average Bonchev–Trinajstić information content (AvgIpc) is 3.03. The smallest absolute Gasteiger partial charge is 0.143 e. The second kappa shape index (κ2) is 20.8. The Morgan fingerprint density at radius 1 is 0.415 bits per heavy atom. The average molecular weight is 563 g/mol. The molecule has 0 bridgehead atoms. The summed E-state index contributed by atoms with van der Waals surface area (Å²) in [5.74, 6) is 2.41. The minimum absolute atomic E-state index is 0.309. The SMILES string of the molecule is C#CCOCCOCCOCCOCCOCCOCCOC(c1ccccc1)(c1ccccc1)c1ccccc1. The van der Waals surface area contributed by atoms with Crippen LogP contribution in [0.5, 0.6) is 0 Å². The Balaban J connectivity index is 1.29. The maximum Gasteiger partial charge on any atom is 0.143 e. The van der Waals surface area contributed by atoms with Crippen molar-refractivity contribution in [3.8, 4) is 12.3 Å². The largest absolute Gasteiger partial charge is 0.377 e. The quantitative estimate of drug-likeness (QED) is 0.0941. The van der Waals surface area contributed by atoms with Crippen LogP contribution < -0.4 is 0 Å². The van der Waals surface area contributed by atoms with Gasteiger partial charge in [0.1, 0.15) is 12.2 Å². The first-order valence-electron chi connectivity index (χ1n) is 14.1. The van der Waals surface area contributed by atoms with Gasteiger partial charge in [0.2, 0.25) is 0 Å². The van der Waals surface area contributed by atoms with Gasteiger partial charge < -0.3 is 33.2 Å². The van der Waals surface area contributed by atoms with Gasteiger partial charge in [-0.1, -0.05) is 96.9 Å². The van der Waals surface area contributed by atoms with Crippen molar-refractivity contribution >= 4 is 0 Å². The van der Waals surface area contributed by atoms with Gasteiger partial charge in [-0.3, -0.25) is 0 Å². The van der Waals surface area contributed by atoms with Gasteiger partial charge in [0.25, 0.3) is 0 Å². The van der Waals surface area contributed by atoms with E-state index in [0.29, 0.717) is 85.9 Å². The van der Waals surface area contributed by atoms with Crippen LogP contribution in [0.2, 0.25) is 0 Å². The van der Waals surface area contributed by atoms with E-state index in [1.807, 2.05) is 54.6 Å². The van der Waals surface area contributed by atoms with Crippen LogP contribution in [0.15, 0.2) is 91.0 Å². The Morgan fingerprint density at radius 2 is 0.707 bits per heavy atom. The van der Waals surface area contributed by atoms with E-state index in [2.05, 4.69) is 42.3 Å². The molecule has 0 fully saturated rings. The zero-order chi connectivity index (χ0) is 28.7. The Labute approximate surface area is 244 Å². The molecule has 3 rings (SSSR count). The molecule has 3 aromatic carbocycles. The summed E-state index contributed by atoms with van der Waals surface area (Å²) in [4.78, 5) is 0. The van der Waals surface area contributed by atoms with Gasteiger partial charge >= 0.3 is 0 Å². The predicted octanol–water partition coefficient (Wildman–Crippen LogP) is 4.73.